The van der Waals surface area contributed by atoms with Gasteiger partial charge >= 0.3 is 6.18 Å². The number of alkyl halides is 3. The van der Waals surface area contributed by atoms with Gasteiger partial charge in [0.1, 0.15) is 10.7 Å². The van der Waals surface area contributed by atoms with Gasteiger partial charge in [-0.2, -0.15) is 18.3 Å². The van der Waals surface area contributed by atoms with Gasteiger partial charge in [0.25, 0.3) is 5.91 Å². The molecule has 1 fully saturated rings. The molecule has 4 heterocycles. The highest BCUT2D eigenvalue weighted by atomic mass is 32.1. The third-order valence-electron chi connectivity index (χ3n) is 5.14. The molecule has 1 amide bonds. The van der Waals surface area contributed by atoms with Crippen molar-refractivity contribution in [3.8, 4) is 0 Å². The van der Waals surface area contributed by atoms with Crippen molar-refractivity contribution in [3.63, 3.8) is 0 Å². The van der Waals surface area contributed by atoms with Crippen molar-refractivity contribution in [2.75, 3.05) is 18.4 Å². The average Bonchev–Trinajstić information content (AvgIpc) is 3.30. The van der Waals surface area contributed by atoms with Gasteiger partial charge in [0.15, 0.2) is 6.04 Å². The first kappa shape index (κ1) is 18.2. The lowest BCUT2D eigenvalue weighted by Crippen LogP contribution is -2.37. The molecule has 0 bridgehead atoms. The van der Waals surface area contributed by atoms with Crippen LogP contribution in [0.1, 0.15) is 52.8 Å². The van der Waals surface area contributed by atoms with Crippen LogP contribution in [0.15, 0.2) is 6.07 Å². The third kappa shape index (κ3) is 3.28. The van der Waals surface area contributed by atoms with Gasteiger partial charge in [0, 0.05) is 31.1 Å². The maximum atomic E-state index is 13.4. The molecule has 4 rings (SSSR count). The predicted octanol–water partition coefficient (Wildman–Crippen LogP) is 2.98. The van der Waals surface area contributed by atoms with E-state index in [1.54, 1.807) is 24.8 Å². The minimum Gasteiger partial charge on any atom is -0.368 e. The van der Waals surface area contributed by atoms with E-state index in [0.29, 0.717) is 41.6 Å². The first-order valence-corrected chi connectivity index (χ1v) is 9.52. The molecular weight excluding hydrogens is 381 g/mol. The quantitative estimate of drug-likeness (QED) is 0.839. The van der Waals surface area contributed by atoms with Gasteiger partial charge in [-0.1, -0.05) is 4.49 Å². The Labute approximate surface area is 157 Å². The molecule has 7 nitrogen and oxygen atoms in total. The fourth-order valence-corrected chi connectivity index (χ4v) is 4.36. The standard InChI is InChI=1S/C16H19F3N6OS/c1-8-5-12(16(17,18)19)25-13(20-8)6-11(22-25)10-3-4-24(7-10)15(26)14-9(2)21-23-27-14/h6,8,10,12,20H,3-5,7H2,1-2H3/t8-,10-,12-/m1/s1. The maximum absolute atomic E-state index is 13.4. The Hall–Kier alpha value is -2.17. The zero-order chi connectivity index (χ0) is 19.3. The number of amides is 1. The number of likely N-dealkylation sites (tertiary alicyclic amines) is 1. The van der Waals surface area contributed by atoms with Crippen molar-refractivity contribution in [1.82, 2.24) is 24.3 Å². The molecule has 0 aromatic carbocycles. The van der Waals surface area contributed by atoms with E-state index in [4.69, 9.17) is 0 Å². The maximum Gasteiger partial charge on any atom is 0.410 e. The number of nitrogens with one attached hydrogen (secondary N) is 1. The molecule has 0 spiro atoms. The minimum atomic E-state index is -4.34. The highest BCUT2D eigenvalue weighted by Crippen LogP contribution is 2.40. The topological polar surface area (TPSA) is 75.9 Å². The largest absolute Gasteiger partial charge is 0.410 e. The Morgan fingerprint density at radius 2 is 2.19 bits per heavy atom. The van der Waals surface area contributed by atoms with Crippen LogP contribution in [0.25, 0.3) is 0 Å². The second kappa shape index (κ2) is 6.47. The van der Waals surface area contributed by atoms with Crippen LogP contribution in [0.2, 0.25) is 0 Å². The van der Waals surface area contributed by atoms with E-state index in [1.807, 2.05) is 0 Å². The van der Waals surface area contributed by atoms with E-state index in [1.165, 1.54) is 0 Å². The van der Waals surface area contributed by atoms with Crippen molar-refractivity contribution in [3.05, 3.63) is 22.3 Å². The highest BCUT2D eigenvalue weighted by Gasteiger charge is 2.46. The Balaban J connectivity index is 1.54. The van der Waals surface area contributed by atoms with Gasteiger partial charge in [-0.3, -0.25) is 4.79 Å². The average molecular weight is 400 g/mol. The summed E-state index contributed by atoms with van der Waals surface area (Å²) in [5.74, 6) is 0.173. The summed E-state index contributed by atoms with van der Waals surface area (Å²) in [7, 11) is 0. The molecule has 0 unspecified atom stereocenters. The van der Waals surface area contributed by atoms with E-state index in [9.17, 15) is 18.0 Å². The lowest BCUT2D eigenvalue weighted by molar-refractivity contribution is -0.173. The molecule has 0 radical (unpaired) electrons. The molecule has 2 aliphatic heterocycles. The first-order chi connectivity index (χ1) is 12.7. The van der Waals surface area contributed by atoms with Gasteiger partial charge in [0.05, 0.1) is 11.4 Å². The number of carbonyl (C=O) groups is 1. The molecule has 2 aromatic rings. The lowest BCUT2D eigenvalue weighted by atomic mass is 10.0. The summed E-state index contributed by atoms with van der Waals surface area (Å²) in [6.07, 6.45) is -3.73. The molecule has 11 heteroatoms. The van der Waals surface area contributed by atoms with Crippen molar-refractivity contribution < 1.29 is 18.0 Å². The summed E-state index contributed by atoms with van der Waals surface area (Å²) < 4.78 is 45.0. The van der Waals surface area contributed by atoms with Crippen molar-refractivity contribution in [2.24, 2.45) is 0 Å². The van der Waals surface area contributed by atoms with Gasteiger partial charge in [0.2, 0.25) is 0 Å². The van der Waals surface area contributed by atoms with Crippen LogP contribution in [-0.4, -0.2) is 55.5 Å². The minimum absolute atomic E-state index is 0.0510. The summed E-state index contributed by atoms with van der Waals surface area (Å²) in [5, 5.41) is 11.2. The Bertz CT molecular complexity index is 863. The van der Waals surface area contributed by atoms with Crippen molar-refractivity contribution in [1.29, 1.82) is 0 Å². The second-order valence-electron chi connectivity index (χ2n) is 7.16. The molecule has 2 aliphatic rings. The van der Waals surface area contributed by atoms with E-state index < -0.39 is 12.2 Å². The number of anilines is 1. The van der Waals surface area contributed by atoms with Crippen molar-refractivity contribution >= 4 is 23.3 Å². The van der Waals surface area contributed by atoms with E-state index in [0.717, 1.165) is 16.2 Å². The molecular formula is C16H19F3N6OS. The van der Waals surface area contributed by atoms with Crippen LogP contribution in [-0.2, 0) is 0 Å². The van der Waals surface area contributed by atoms with Crippen LogP contribution in [0.3, 0.4) is 0 Å². The number of fused-ring (bicyclic) bond motifs is 1. The number of hydrogen-bond acceptors (Lipinski definition) is 6. The smallest absolute Gasteiger partial charge is 0.368 e. The monoisotopic (exact) mass is 400 g/mol. The first-order valence-electron chi connectivity index (χ1n) is 8.75. The Morgan fingerprint density at radius 3 is 2.85 bits per heavy atom. The normalized spacial score (nSPS) is 25.4. The van der Waals surface area contributed by atoms with E-state index in [2.05, 4.69) is 20.0 Å². The van der Waals surface area contributed by atoms with Crippen LogP contribution in [0.4, 0.5) is 19.0 Å². The van der Waals surface area contributed by atoms with Crippen LogP contribution >= 0.6 is 11.5 Å². The molecule has 2 aromatic heterocycles. The number of aryl methyl sites for hydroxylation is 1. The fraction of sp³-hybridized carbons (Fsp3) is 0.625. The Kier molecular flexibility index (Phi) is 4.36. The van der Waals surface area contributed by atoms with Gasteiger partial charge in [-0.05, 0) is 38.2 Å². The summed E-state index contributed by atoms with van der Waals surface area (Å²) in [5.41, 5.74) is 1.19. The number of rotatable bonds is 2. The zero-order valence-electron chi connectivity index (χ0n) is 14.8. The summed E-state index contributed by atoms with van der Waals surface area (Å²) in [6.45, 7) is 4.43. The summed E-state index contributed by atoms with van der Waals surface area (Å²) in [6, 6.07) is -0.216. The molecule has 0 aliphatic carbocycles. The molecule has 146 valence electrons. The molecule has 3 atom stereocenters. The van der Waals surface area contributed by atoms with Gasteiger partial charge in [-0.25, -0.2) is 4.68 Å². The zero-order valence-corrected chi connectivity index (χ0v) is 15.6. The van der Waals surface area contributed by atoms with E-state index in [-0.39, 0.29) is 24.3 Å². The molecule has 1 saturated heterocycles. The van der Waals surface area contributed by atoms with Crippen LogP contribution in [0.5, 0.6) is 0 Å². The number of aromatic nitrogens is 4. The number of nitrogens with zero attached hydrogens (tertiary/aromatic N) is 5. The third-order valence-corrected chi connectivity index (χ3v) is 5.95. The lowest BCUT2D eigenvalue weighted by Gasteiger charge is -2.31. The Morgan fingerprint density at radius 1 is 1.41 bits per heavy atom. The summed E-state index contributed by atoms with van der Waals surface area (Å²) in [4.78, 5) is 14.8. The molecule has 27 heavy (non-hydrogen) atoms. The number of hydrogen-bond donors (Lipinski definition) is 1. The van der Waals surface area contributed by atoms with E-state index >= 15 is 0 Å². The molecule has 1 N–H and O–H groups in total. The SMILES string of the molecule is Cc1nnsc1C(=O)N1CC[C@@H](c2cc3n(n2)[C@@H](C(F)(F)F)C[C@@H](C)N3)C1. The van der Waals surface area contributed by atoms with Crippen molar-refractivity contribution in [2.45, 2.75) is 50.9 Å². The number of carbonyl (C=O) groups excluding carboxylic acids is 1. The van der Waals surface area contributed by atoms with Crippen LogP contribution in [0, 0.1) is 6.92 Å². The van der Waals surface area contributed by atoms with Gasteiger partial charge in [-0.15, -0.1) is 5.10 Å². The fourth-order valence-electron chi connectivity index (χ4n) is 3.73. The summed E-state index contributed by atoms with van der Waals surface area (Å²) >= 11 is 1.06. The highest BCUT2D eigenvalue weighted by molar-refractivity contribution is 7.07. The van der Waals surface area contributed by atoms with Gasteiger partial charge < -0.3 is 10.2 Å². The number of halogens is 3. The predicted molar refractivity (Wildman–Crippen MR) is 92.9 cm³/mol. The second-order valence-corrected chi connectivity index (χ2v) is 7.92. The molecule has 0 saturated carbocycles. The van der Waals surface area contributed by atoms with Crippen LogP contribution < -0.4 is 5.32 Å².